The summed E-state index contributed by atoms with van der Waals surface area (Å²) in [7, 11) is 1.60. The van der Waals surface area contributed by atoms with Gasteiger partial charge in [0.15, 0.2) is 6.23 Å². The number of carbonyl (C=O) groups excluding carboxylic acids is 1. The zero-order valence-electron chi connectivity index (χ0n) is 17.0. The minimum absolute atomic E-state index is 0.151. The number of morpholine rings is 1. The van der Waals surface area contributed by atoms with Gasteiger partial charge in [-0.2, -0.15) is 0 Å². The number of urea groups is 1. The number of nitrogens with one attached hydrogen (secondary N) is 1. The number of hydrogen-bond acceptors (Lipinski definition) is 6. The van der Waals surface area contributed by atoms with Crippen molar-refractivity contribution >= 4 is 29.0 Å². The maximum absolute atomic E-state index is 13.0. The summed E-state index contributed by atoms with van der Waals surface area (Å²) in [5.74, 6) is 0. The minimum Gasteiger partial charge on any atom is -0.378 e. The highest BCUT2D eigenvalue weighted by Gasteiger charge is 2.37. The molecule has 1 fully saturated rings. The summed E-state index contributed by atoms with van der Waals surface area (Å²) in [5, 5.41) is 3.90. The highest BCUT2D eigenvalue weighted by molar-refractivity contribution is 6.31. The van der Waals surface area contributed by atoms with Crippen LogP contribution < -0.4 is 10.5 Å². The van der Waals surface area contributed by atoms with Gasteiger partial charge in [0.1, 0.15) is 5.70 Å². The minimum atomic E-state index is -0.614. The number of methoxy groups -OCH3 is 1. The number of ether oxygens (including phenoxy) is 2. The fraction of sp³-hybridized carbons (Fsp3) is 0.273. The van der Waals surface area contributed by atoms with Crippen molar-refractivity contribution < 1.29 is 14.3 Å². The van der Waals surface area contributed by atoms with Crippen LogP contribution in [0.4, 0.5) is 10.5 Å². The number of amides is 2. The predicted molar refractivity (Wildman–Crippen MR) is 118 cm³/mol. The van der Waals surface area contributed by atoms with E-state index in [0.29, 0.717) is 37.0 Å². The quantitative estimate of drug-likeness (QED) is 0.779. The number of nitrogens with zero attached hydrogens (tertiary/aromatic N) is 4. The number of hydrazine groups is 2. The molecular weight excluding hydrogens is 418 g/mol. The molecule has 3 aliphatic rings. The number of carbonyl (C=O) groups is 1. The van der Waals surface area contributed by atoms with Gasteiger partial charge in [0.25, 0.3) is 0 Å². The van der Waals surface area contributed by atoms with Crippen molar-refractivity contribution in [1.29, 1.82) is 0 Å². The molecule has 9 heteroatoms. The summed E-state index contributed by atoms with van der Waals surface area (Å²) in [6.07, 6.45) is 1.12. The van der Waals surface area contributed by atoms with Crippen molar-refractivity contribution in [2.24, 2.45) is 4.99 Å². The van der Waals surface area contributed by atoms with Gasteiger partial charge >= 0.3 is 6.03 Å². The Morgan fingerprint density at radius 3 is 2.71 bits per heavy atom. The fourth-order valence-electron chi connectivity index (χ4n) is 3.90. The number of fused-ring (bicyclic) bond motifs is 3. The number of anilines is 1. The van der Waals surface area contributed by atoms with Crippen LogP contribution in [0.15, 0.2) is 65.4 Å². The van der Waals surface area contributed by atoms with E-state index in [1.807, 2.05) is 53.5 Å². The zero-order valence-corrected chi connectivity index (χ0v) is 17.7. The normalized spacial score (nSPS) is 20.6. The Morgan fingerprint density at radius 1 is 1.19 bits per heavy atom. The van der Waals surface area contributed by atoms with Crippen molar-refractivity contribution in [3.63, 3.8) is 0 Å². The van der Waals surface area contributed by atoms with E-state index in [0.717, 1.165) is 22.5 Å². The lowest BCUT2D eigenvalue weighted by Crippen LogP contribution is -2.52. The molecule has 5 rings (SSSR count). The Hall–Kier alpha value is -2.91. The number of hydrogen-bond donors (Lipinski definition) is 1. The molecule has 1 N–H and O–H groups in total. The molecule has 0 aliphatic carbocycles. The smallest absolute Gasteiger partial charge is 0.340 e. The van der Waals surface area contributed by atoms with Crippen molar-refractivity contribution in [2.45, 2.75) is 6.23 Å². The van der Waals surface area contributed by atoms with Crippen LogP contribution in [-0.4, -0.2) is 61.3 Å². The van der Waals surface area contributed by atoms with E-state index >= 15 is 0 Å². The van der Waals surface area contributed by atoms with E-state index in [2.05, 4.69) is 5.53 Å². The Balaban J connectivity index is 1.58. The van der Waals surface area contributed by atoms with Crippen LogP contribution in [0.2, 0.25) is 5.02 Å². The largest absolute Gasteiger partial charge is 0.378 e. The lowest BCUT2D eigenvalue weighted by Gasteiger charge is -2.31. The van der Waals surface area contributed by atoms with Crippen molar-refractivity contribution in [2.75, 3.05) is 38.4 Å². The molecule has 0 aromatic heterocycles. The molecule has 2 aromatic rings. The van der Waals surface area contributed by atoms with Gasteiger partial charge in [-0.25, -0.2) is 14.8 Å². The van der Waals surface area contributed by atoms with Gasteiger partial charge in [-0.1, -0.05) is 41.9 Å². The van der Waals surface area contributed by atoms with Gasteiger partial charge in [0, 0.05) is 36.3 Å². The summed E-state index contributed by atoms with van der Waals surface area (Å²) < 4.78 is 11.1. The van der Waals surface area contributed by atoms with Crippen LogP contribution in [0.5, 0.6) is 0 Å². The zero-order chi connectivity index (χ0) is 21.4. The SMILES string of the molecule is COC1N=C(c2ccccc2)c2cc(Cl)ccc2N2NN(C(=O)N3CCOCC3)C=C12. The molecule has 0 saturated carbocycles. The molecule has 160 valence electrons. The molecule has 0 spiro atoms. The first-order valence-electron chi connectivity index (χ1n) is 10.1. The van der Waals surface area contributed by atoms with Crippen molar-refractivity contribution in [3.05, 3.63) is 76.6 Å². The van der Waals surface area contributed by atoms with E-state index in [-0.39, 0.29) is 6.03 Å². The molecule has 2 aromatic carbocycles. The highest BCUT2D eigenvalue weighted by atomic mass is 35.5. The van der Waals surface area contributed by atoms with E-state index in [1.165, 1.54) is 5.01 Å². The summed E-state index contributed by atoms with van der Waals surface area (Å²) in [4.78, 5) is 19.7. The standard InChI is InChI=1S/C22H22ClN5O3/c1-30-21-19-14-27(22(29)26-9-11-31-12-10-26)25-28(19)18-8-7-16(23)13-17(18)20(24-21)15-5-3-2-4-6-15/h2-8,13-14,21,25H,9-12H2,1H3. The first kappa shape index (κ1) is 20.0. The lowest BCUT2D eigenvalue weighted by molar-refractivity contribution is 0.0442. The molecular formula is C22H22ClN5O3. The molecule has 3 heterocycles. The first-order chi connectivity index (χ1) is 15.2. The van der Waals surface area contributed by atoms with E-state index in [4.69, 9.17) is 26.1 Å². The topological polar surface area (TPSA) is 69.6 Å². The monoisotopic (exact) mass is 439 g/mol. The van der Waals surface area contributed by atoms with Crippen molar-refractivity contribution in [1.82, 2.24) is 15.4 Å². The third-order valence-corrected chi connectivity index (χ3v) is 5.67. The number of aliphatic imine (C=N–C) groups is 1. The summed E-state index contributed by atoms with van der Waals surface area (Å²) in [6.45, 7) is 2.17. The summed E-state index contributed by atoms with van der Waals surface area (Å²) >= 11 is 6.35. The number of benzene rings is 2. The predicted octanol–water partition coefficient (Wildman–Crippen LogP) is 3.00. The molecule has 0 bridgehead atoms. The van der Waals surface area contributed by atoms with Crippen LogP contribution in [0, 0.1) is 0 Å². The number of halogens is 1. The number of rotatable bonds is 2. The third-order valence-electron chi connectivity index (χ3n) is 5.44. The van der Waals surface area contributed by atoms with Crippen LogP contribution in [-0.2, 0) is 9.47 Å². The first-order valence-corrected chi connectivity index (χ1v) is 10.4. The summed E-state index contributed by atoms with van der Waals surface area (Å²) in [5.41, 5.74) is 7.29. The maximum Gasteiger partial charge on any atom is 0.340 e. The Bertz CT molecular complexity index is 1050. The Labute approximate surface area is 185 Å². The Morgan fingerprint density at radius 2 is 1.97 bits per heavy atom. The average molecular weight is 440 g/mol. The fourth-order valence-corrected chi connectivity index (χ4v) is 4.07. The second-order valence-corrected chi connectivity index (χ2v) is 7.77. The van der Waals surface area contributed by atoms with Gasteiger partial charge in [-0.15, -0.1) is 5.53 Å². The molecule has 1 atom stereocenters. The molecule has 8 nitrogen and oxygen atoms in total. The molecule has 0 radical (unpaired) electrons. The third kappa shape index (κ3) is 3.68. The second-order valence-electron chi connectivity index (χ2n) is 7.33. The Kier molecular flexibility index (Phi) is 5.37. The van der Waals surface area contributed by atoms with Crippen LogP contribution in [0.3, 0.4) is 0 Å². The van der Waals surface area contributed by atoms with Crippen LogP contribution in [0.1, 0.15) is 11.1 Å². The van der Waals surface area contributed by atoms with Crippen LogP contribution >= 0.6 is 11.6 Å². The lowest BCUT2D eigenvalue weighted by atomic mass is 10.0. The van der Waals surface area contributed by atoms with Gasteiger partial charge in [-0.3, -0.25) is 5.01 Å². The maximum atomic E-state index is 13.0. The van der Waals surface area contributed by atoms with E-state index < -0.39 is 6.23 Å². The summed E-state index contributed by atoms with van der Waals surface area (Å²) in [6, 6.07) is 15.4. The van der Waals surface area contributed by atoms with E-state index in [9.17, 15) is 4.79 Å². The molecule has 3 aliphatic heterocycles. The highest BCUT2D eigenvalue weighted by Crippen LogP contribution is 2.35. The molecule has 2 amide bonds. The van der Waals surface area contributed by atoms with Gasteiger partial charge < -0.3 is 14.4 Å². The van der Waals surface area contributed by atoms with Gasteiger partial charge in [0.05, 0.1) is 30.8 Å². The van der Waals surface area contributed by atoms with Gasteiger partial charge in [0.2, 0.25) is 0 Å². The van der Waals surface area contributed by atoms with Crippen LogP contribution in [0.25, 0.3) is 0 Å². The average Bonchev–Trinajstić information content (AvgIpc) is 3.20. The molecule has 31 heavy (non-hydrogen) atoms. The van der Waals surface area contributed by atoms with E-state index in [1.54, 1.807) is 18.2 Å². The second kappa shape index (κ2) is 8.32. The molecule has 1 unspecified atom stereocenters. The molecule has 1 saturated heterocycles. The van der Waals surface area contributed by atoms with Gasteiger partial charge in [-0.05, 0) is 18.2 Å². The van der Waals surface area contributed by atoms with Crippen molar-refractivity contribution in [3.8, 4) is 0 Å².